The second-order valence-corrected chi connectivity index (χ2v) is 25.8. The number of guanidine groups is 25. The number of anilines is 2. The zero-order valence-electron chi connectivity index (χ0n) is 90.3. The van der Waals surface area contributed by atoms with Crippen molar-refractivity contribution in [2.75, 3.05) is 251 Å². The van der Waals surface area contributed by atoms with Crippen molar-refractivity contribution in [3.63, 3.8) is 0 Å². The lowest BCUT2D eigenvalue weighted by molar-refractivity contribution is 0.592. The fraction of sp³-hybridized carbons (Fsp3) is 0.562. The largest absolute Gasteiger partial charge is 0.370 e. The van der Waals surface area contributed by atoms with Gasteiger partial charge in [-0.3, -0.25) is 125 Å². The van der Waals surface area contributed by atoms with Gasteiger partial charge in [-0.2, -0.15) is 49.9 Å². The van der Waals surface area contributed by atoms with Crippen LogP contribution in [0.5, 0.6) is 0 Å². The van der Waals surface area contributed by atoms with Crippen LogP contribution in [0.1, 0.15) is 8.22 Å². The third-order valence-corrected chi connectivity index (χ3v) is 12.0. The Balaban J connectivity index is -0.000000114. The van der Waals surface area contributed by atoms with E-state index in [-0.39, 0.29) is 118 Å². The molecule has 0 amide bonds. The molecule has 780 valence electrons. The number of nitrogen functional groups attached to an aromatic ring is 2. The molecular formula is C64H169N71. The van der Waals surface area contributed by atoms with Crippen LogP contribution >= 0.6 is 0 Å². The number of nitrogens with zero attached hydrogens (tertiary/aromatic N) is 34. The molecule has 71 nitrogen and oxygen atoms in total. The van der Waals surface area contributed by atoms with Crippen LogP contribution in [0.15, 0.2) is 84.9 Å². The lowest BCUT2D eigenvalue weighted by Gasteiger charge is -2.15. The van der Waals surface area contributed by atoms with E-state index in [1.165, 1.54) is 21.4 Å². The van der Waals surface area contributed by atoms with Crippen molar-refractivity contribution in [2.45, 2.75) is 6.29 Å². The van der Waals surface area contributed by atoms with E-state index in [1.54, 1.807) is 251 Å². The molecule has 0 saturated carbocycles. The van der Waals surface area contributed by atoms with Gasteiger partial charge >= 0.3 is 0 Å². The number of aliphatic imine (C=N–C) groups is 17. The van der Waals surface area contributed by atoms with Gasteiger partial charge < -0.3 is 196 Å². The number of nitrogens with two attached hydrogens (primary N) is 26. The molecule has 0 atom stereocenters. The lowest BCUT2D eigenvalue weighted by atomic mass is 10.7. The second kappa shape index (κ2) is 84.6. The minimum absolute atomic E-state index is 0.0225. The van der Waals surface area contributed by atoms with Gasteiger partial charge in [-0.15, -0.1) is 0 Å². The Morgan fingerprint density at radius 3 is 0.726 bits per heavy atom. The average molecular weight is 1940 g/mol. The zero-order valence-corrected chi connectivity index (χ0v) is 84.3. The van der Waals surface area contributed by atoms with E-state index < -0.39 is 32.2 Å². The predicted octanol–water partition coefficient (Wildman–Crippen LogP) is -17.1. The monoisotopic (exact) mass is 1940 g/mol. The van der Waals surface area contributed by atoms with Crippen LogP contribution in [0.2, 0.25) is 0 Å². The fourth-order valence-electron chi connectivity index (χ4n) is 4.40. The van der Waals surface area contributed by atoms with Gasteiger partial charge in [0, 0.05) is 255 Å². The highest BCUT2D eigenvalue weighted by atomic mass is 15.4. The molecule has 0 aromatic carbocycles. The molecule has 0 spiro atoms. The summed E-state index contributed by atoms with van der Waals surface area (Å²) in [6, 6.07) is 0. The van der Waals surface area contributed by atoms with E-state index in [2.05, 4.69) is 105 Å². The molecule has 0 fully saturated rings. The third kappa shape index (κ3) is 102. The van der Waals surface area contributed by atoms with Gasteiger partial charge in [0.05, 0.1) is 0 Å². The Bertz CT molecular complexity index is 4200. The van der Waals surface area contributed by atoms with E-state index in [1.807, 2.05) is 28.2 Å². The van der Waals surface area contributed by atoms with Gasteiger partial charge in [0.1, 0.15) is 0 Å². The van der Waals surface area contributed by atoms with E-state index in [0.717, 1.165) is 0 Å². The summed E-state index contributed by atoms with van der Waals surface area (Å²) in [7, 11) is 56.3. The van der Waals surface area contributed by atoms with Crippen LogP contribution in [0.25, 0.3) is 0 Å². The maximum Gasteiger partial charge on any atom is 0.248 e. The van der Waals surface area contributed by atoms with E-state index in [4.69, 9.17) is 206 Å². The van der Waals surface area contributed by atoms with E-state index >= 15 is 0 Å². The second-order valence-electron chi connectivity index (χ2n) is 25.8. The maximum absolute atomic E-state index is 7.30. The molecule has 0 radical (unpaired) electrons. The Kier molecular flexibility index (Phi) is 81.9. The van der Waals surface area contributed by atoms with Crippen LogP contribution in [0.3, 0.4) is 0 Å². The maximum atomic E-state index is 7.30. The number of nitrogens with one attached hydrogen (secondary N) is 11. The molecule has 63 N–H and O–H groups in total. The summed E-state index contributed by atoms with van der Waals surface area (Å²) < 4.78 is 43.1. The summed E-state index contributed by atoms with van der Waals surface area (Å²) in [5, 5.41) is 67.6. The molecule has 0 aliphatic heterocycles. The average Bonchev–Trinajstić information content (AvgIpc) is 0.808. The van der Waals surface area contributed by atoms with Crippen LogP contribution in [0.4, 0.5) is 11.9 Å². The standard InChI is InChI=1S/C6H15N5.6C5H13N5.C4H8N6.C4H13N5.5C4H11N5/c1-10(2)5(7)9-6(8)11(3)4;3*1-8-4(6)9-5(7)10(2)3;1-8-4(6)10(3)5(7)9-2;2*1-8-5(10(2)3)9-4(6)7;1-10-3(6)8-2(5)9-4(10)7;5*1-9(2)4(7)8-3(5)6;1-8-4(7)9(2)3(5)6/h1-4H3,(H3,7,8,9);3*1-3H3,(H4,6,7,8,9);1-3H3,(H2,6,8)(H2,7,9);2*1-3H3,(H4,6,7,8,9);1H3,(H5,5,6,7,8,9);3H,5-6H2,1-2H3,(H2,7,8);4*1-2H3,(H5,5,6,7,8);1-2H3,(H3,5,6)(H2,7,8)/i;;;;;;;;;1D3,2D3;;;;. The summed E-state index contributed by atoms with van der Waals surface area (Å²) in [5.41, 5.74) is 135. The van der Waals surface area contributed by atoms with Gasteiger partial charge in [0.15, 0.2) is 108 Å². The summed E-state index contributed by atoms with van der Waals surface area (Å²) in [4.78, 5) is 89.4. The van der Waals surface area contributed by atoms with E-state index in [0.29, 0.717) is 41.7 Å². The van der Waals surface area contributed by atoms with Crippen molar-refractivity contribution >= 4 is 161 Å². The van der Waals surface area contributed by atoms with Crippen molar-refractivity contribution in [3.05, 3.63) is 5.62 Å². The van der Waals surface area contributed by atoms with Gasteiger partial charge in [0.25, 0.3) is 0 Å². The molecule has 1 aromatic heterocycles. The highest BCUT2D eigenvalue weighted by molar-refractivity contribution is 6.00. The first-order valence-electron chi connectivity index (χ1n) is 39.8. The Morgan fingerprint density at radius 1 is 0.311 bits per heavy atom. The van der Waals surface area contributed by atoms with Crippen LogP contribution in [0, 0.1) is 48.7 Å². The van der Waals surface area contributed by atoms with Crippen molar-refractivity contribution in [2.24, 2.45) is 230 Å². The smallest absolute Gasteiger partial charge is 0.248 e. The molecule has 0 bridgehead atoms. The fourth-order valence-corrected chi connectivity index (χ4v) is 4.40. The number of hydrogen-bond donors (Lipinski definition) is 37. The molecule has 135 heavy (non-hydrogen) atoms. The van der Waals surface area contributed by atoms with Gasteiger partial charge in [0.2, 0.25) is 65.2 Å². The first-order chi connectivity index (χ1) is 63.8. The SMILES string of the molecule is CN(C)C(=N)N=C(N)N(C)C.CN(C)C(N)=NC(=N)N.CN(C)C(N)=NC(=N)N.CN(C)C(N)=NC(=N)N.CN(C)C(N)=NC(N)N.CN=C(N)N(C)C(=N)N.CN=C(N)N(C)C(N)=NC.CN=C(N)N=C(N)N(C)C.CN=C(N)NC(=N)N(C)C.CN=C(N)NC(=N)N(C)C.CN=C(N=C(N)N)N(C)C.CN=C(N=C(N)N)N(C)C.Cn1c(N)nc(=N)nc1N.[2H]C([2H])([2H])N(C(N)=NC(=N)N)C([2H])([2H])[2H]. The van der Waals surface area contributed by atoms with Crippen LogP contribution in [-0.4, -0.2) is 478 Å². The van der Waals surface area contributed by atoms with Crippen molar-refractivity contribution in [1.29, 1.82) is 48.7 Å². The number of aromatic nitrogens is 3. The molecular weight excluding hydrogens is 1760 g/mol. The Morgan fingerprint density at radius 2 is 0.563 bits per heavy atom. The third-order valence-electron chi connectivity index (χ3n) is 12.0. The highest BCUT2D eigenvalue weighted by Gasteiger charge is 2.07. The molecule has 0 aliphatic rings. The van der Waals surface area contributed by atoms with Gasteiger partial charge in [-0.25, -0.2) is 4.99 Å². The topological polar surface area (TPSA) is 1200 Å². The highest BCUT2D eigenvalue weighted by Crippen LogP contribution is 1.95. The minimum atomic E-state index is -2.98. The predicted molar refractivity (Wildman–Crippen MR) is 562 cm³/mol. The van der Waals surface area contributed by atoms with Gasteiger partial charge in [-0.05, 0) is 0 Å². The molecule has 1 rings (SSSR count). The number of hydrogen-bond acceptors (Lipinski definition) is 24. The van der Waals surface area contributed by atoms with Crippen molar-refractivity contribution in [1.82, 2.24) is 93.8 Å². The van der Waals surface area contributed by atoms with Gasteiger partial charge in [-0.1, -0.05) is 0 Å². The Labute approximate surface area is 801 Å². The summed E-state index contributed by atoms with van der Waals surface area (Å²) in [6.07, 6.45) is -0.715. The van der Waals surface area contributed by atoms with Crippen molar-refractivity contribution in [3.8, 4) is 0 Å². The quantitative estimate of drug-likeness (QED) is 0.0705. The summed E-state index contributed by atoms with van der Waals surface area (Å²) >= 11 is 0. The van der Waals surface area contributed by atoms with Crippen LogP contribution in [-0.2, 0) is 7.05 Å². The summed E-state index contributed by atoms with van der Waals surface area (Å²) in [5.74, 6) is 2.86. The zero-order chi connectivity index (χ0) is 115. The molecule has 0 saturated heterocycles. The lowest BCUT2D eigenvalue weighted by Crippen LogP contribution is -2.43. The molecule has 1 heterocycles. The molecule has 71 heteroatoms. The number of rotatable bonds is 1. The Hall–Kier alpha value is -17.5. The van der Waals surface area contributed by atoms with Crippen molar-refractivity contribution < 1.29 is 8.22 Å². The van der Waals surface area contributed by atoms with E-state index in [9.17, 15) is 0 Å². The first-order valence-corrected chi connectivity index (χ1v) is 36.8. The summed E-state index contributed by atoms with van der Waals surface area (Å²) in [6.45, 7) is -5.96. The normalized spacial score (nSPS) is 12.2. The molecule has 0 unspecified atom stereocenters. The minimum Gasteiger partial charge on any atom is -0.370 e. The molecule has 0 aliphatic carbocycles. The molecule has 1 aromatic rings. The first kappa shape index (κ1) is 131. The van der Waals surface area contributed by atoms with Crippen LogP contribution < -0.4 is 165 Å².